The summed E-state index contributed by atoms with van der Waals surface area (Å²) in [6.45, 7) is 2.71. The number of unbranched alkanes of at least 4 members (excludes halogenated alkanes) is 2. The van der Waals surface area contributed by atoms with Gasteiger partial charge in [-0.25, -0.2) is 0 Å². The van der Waals surface area contributed by atoms with E-state index in [1.54, 1.807) is 26.1 Å². The zero-order chi connectivity index (χ0) is 18.2. The molecule has 0 saturated carbocycles. The molecular formula is C20H31NO4. The van der Waals surface area contributed by atoms with E-state index in [2.05, 4.69) is 6.92 Å². The van der Waals surface area contributed by atoms with E-state index in [1.807, 2.05) is 24.3 Å². The molecule has 1 aromatic carbocycles. The minimum Gasteiger partial charge on any atom is -0.497 e. The van der Waals surface area contributed by atoms with Crippen molar-refractivity contribution in [2.75, 3.05) is 21.2 Å². The van der Waals surface area contributed by atoms with Crippen LogP contribution >= 0.6 is 0 Å². The standard InChI is InChI=1S/C20H31NO4/c1-5-6-7-8-17-18(13-19(25-17)20(22)21(2)3)24-14-15-9-11-16(23-4)12-10-15/h9-12,17-19H,5-8,13-14H2,1-4H3/t17-,18-,19-/m0/s1. The topological polar surface area (TPSA) is 48.0 Å². The van der Waals surface area contributed by atoms with Crippen molar-refractivity contribution in [3.63, 3.8) is 0 Å². The molecule has 5 nitrogen and oxygen atoms in total. The third kappa shape index (κ3) is 5.72. The normalized spacial score (nSPS) is 22.8. The number of amides is 1. The van der Waals surface area contributed by atoms with Crippen molar-refractivity contribution in [3.8, 4) is 5.75 Å². The number of carbonyl (C=O) groups is 1. The van der Waals surface area contributed by atoms with E-state index in [0.29, 0.717) is 13.0 Å². The molecule has 1 aromatic rings. The molecule has 1 aliphatic heterocycles. The van der Waals surface area contributed by atoms with Gasteiger partial charge in [0, 0.05) is 20.5 Å². The zero-order valence-corrected chi connectivity index (χ0v) is 15.9. The molecule has 3 atom stereocenters. The Morgan fingerprint density at radius 3 is 2.56 bits per heavy atom. The van der Waals surface area contributed by atoms with Crippen LogP contribution in [0.5, 0.6) is 5.75 Å². The highest BCUT2D eigenvalue weighted by molar-refractivity contribution is 5.80. The highest BCUT2D eigenvalue weighted by Gasteiger charge is 2.39. The maximum atomic E-state index is 12.2. The first-order valence-corrected chi connectivity index (χ1v) is 9.16. The number of benzene rings is 1. The summed E-state index contributed by atoms with van der Waals surface area (Å²) >= 11 is 0. The lowest BCUT2D eigenvalue weighted by Crippen LogP contribution is -2.33. The third-order valence-electron chi connectivity index (χ3n) is 4.63. The van der Waals surface area contributed by atoms with Crippen LogP contribution < -0.4 is 4.74 Å². The molecule has 0 N–H and O–H groups in total. The fourth-order valence-electron chi connectivity index (χ4n) is 3.11. The van der Waals surface area contributed by atoms with Gasteiger partial charge in [-0.3, -0.25) is 4.79 Å². The Bertz CT molecular complexity index is 529. The van der Waals surface area contributed by atoms with Gasteiger partial charge < -0.3 is 19.1 Å². The van der Waals surface area contributed by atoms with Crippen LogP contribution in [0.1, 0.15) is 44.6 Å². The van der Waals surface area contributed by atoms with Gasteiger partial charge in [0.05, 0.1) is 25.9 Å². The van der Waals surface area contributed by atoms with Crippen molar-refractivity contribution in [2.24, 2.45) is 0 Å². The summed E-state index contributed by atoms with van der Waals surface area (Å²) in [4.78, 5) is 13.8. The van der Waals surface area contributed by atoms with Crippen LogP contribution in [0.4, 0.5) is 0 Å². The quantitative estimate of drug-likeness (QED) is 0.641. The summed E-state index contributed by atoms with van der Waals surface area (Å²) in [6, 6.07) is 7.87. The molecule has 1 aliphatic rings. The highest BCUT2D eigenvalue weighted by Crippen LogP contribution is 2.29. The lowest BCUT2D eigenvalue weighted by atomic mass is 10.0. The van der Waals surface area contributed by atoms with Crippen LogP contribution in [-0.2, 0) is 20.9 Å². The van der Waals surface area contributed by atoms with E-state index < -0.39 is 0 Å². The summed E-state index contributed by atoms with van der Waals surface area (Å²) in [5.41, 5.74) is 1.09. The largest absolute Gasteiger partial charge is 0.497 e. The van der Waals surface area contributed by atoms with Gasteiger partial charge in [-0.05, 0) is 24.1 Å². The van der Waals surface area contributed by atoms with Crippen molar-refractivity contribution in [1.29, 1.82) is 0 Å². The molecule has 0 aromatic heterocycles. The summed E-state index contributed by atoms with van der Waals surface area (Å²) in [7, 11) is 5.19. The Balaban J connectivity index is 1.94. The van der Waals surface area contributed by atoms with Crippen molar-refractivity contribution in [1.82, 2.24) is 4.90 Å². The first kappa shape index (κ1) is 19.7. The predicted octanol–water partition coefficient (Wildman–Crippen LogP) is 3.41. The van der Waals surface area contributed by atoms with E-state index in [-0.39, 0.29) is 24.2 Å². The van der Waals surface area contributed by atoms with E-state index in [4.69, 9.17) is 14.2 Å². The lowest BCUT2D eigenvalue weighted by Gasteiger charge is -2.19. The van der Waals surface area contributed by atoms with E-state index in [0.717, 1.165) is 24.2 Å². The molecule has 1 fully saturated rings. The monoisotopic (exact) mass is 349 g/mol. The van der Waals surface area contributed by atoms with Crippen LogP contribution in [0.25, 0.3) is 0 Å². The molecule has 1 saturated heterocycles. The molecule has 0 aliphatic carbocycles. The minimum atomic E-state index is -0.387. The van der Waals surface area contributed by atoms with Crippen molar-refractivity contribution >= 4 is 5.91 Å². The van der Waals surface area contributed by atoms with Gasteiger partial charge in [-0.2, -0.15) is 0 Å². The van der Waals surface area contributed by atoms with Crippen molar-refractivity contribution < 1.29 is 19.0 Å². The Labute approximate surface area is 151 Å². The first-order chi connectivity index (χ1) is 12.0. The number of hydrogen-bond acceptors (Lipinski definition) is 4. The second kappa shape index (κ2) is 9.78. The van der Waals surface area contributed by atoms with Gasteiger partial charge in [0.1, 0.15) is 11.9 Å². The Morgan fingerprint density at radius 2 is 1.96 bits per heavy atom. The van der Waals surface area contributed by atoms with Crippen molar-refractivity contribution in [2.45, 2.75) is 63.9 Å². The number of nitrogens with zero attached hydrogens (tertiary/aromatic N) is 1. The third-order valence-corrected chi connectivity index (χ3v) is 4.63. The molecule has 0 bridgehead atoms. The maximum absolute atomic E-state index is 12.2. The minimum absolute atomic E-state index is 0.00121. The van der Waals surface area contributed by atoms with Gasteiger partial charge in [-0.1, -0.05) is 38.3 Å². The van der Waals surface area contributed by atoms with Gasteiger partial charge in [-0.15, -0.1) is 0 Å². The smallest absolute Gasteiger partial charge is 0.251 e. The molecule has 1 amide bonds. The van der Waals surface area contributed by atoms with Crippen molar-refractivity contribution in [3.05, 3.63) is 29.8 Å². The molecule has 0 radical (unpaired) electrons. The van der Waals surface area contributed by atoms with Gasteiger partial charge in [0.25, 0.3) is 5.91 Å². The van der Waals surface area contributed by atoms with E-state index >= 15 is 0 Å². The Kier molecular flexibility index (Phi) is 7.72. The Morgan fingerprint density at radius 1 is 1.24 bits per heavy atom. The summed E-state index contributed by atoms with van der Waals surface area (Å²) in [5, 5.41) is 0. The average Bonchev–Trinajstić information content (AvgIpc) is 3.03. The second-order valence-electron chi connectivity index (χ2n) is 6.82. The fourth-order valence-corrected chi connectivity index (χ4v) is 3.11. The van der Waals surface area contributed by atoms with Crippen LogP contribution in [-0.4, -0.2) is 50.3 Å². The summed E-state index contributed by atoms with van der Waals surface area (Å²) < 4.78 is 17.3. The average molecular weight is 349 g/mol. The van der Waals surface area contributed by atoms with Gasteiger partial charge >= 0.3 is 0 Å². The number of rotatable bonds is 9. The number of methoxy groups -OCH3 is 1. The summed E-state index contributed by atoms with van der Waals surface area (Å²) in [6.07, 6.45) is 4.60. The molecule has 1 heterocycles. The molecular weight excluding hydrogens is 318 g/mol. The highest BCUT2D eigenvalue weighted by atomic mass is 16.6. The molecule has 0 spiro atoms. The van der Waals surface area contributed by atoms with Crippen LogP contribution in [0, 0.1) is 0 Å². The van der Waals surface area contributed by atoms with Crippen LogP contribution in [0.2, 0.25) is 0 Å². The molecule has 5 heteroatoms. The summed E-state index contributed by atoms with van der Waals surface area (Å²) in [5.74, 6) is 0.859. The van der Waals surface area contributed by atoms with E-state index in [1.165, 1.54) is 12.8 Å². The van der Waals surface area contributed by atoms with Gasteiger partial charge in [0.15, 0.2) is 0 Å². The zero-order valence-electron chi connectivity index (χ0n) is 15.9. The van der Waals surface area contributed by atoms with E-state index in [9.17, 15) is 4.79 Å². The van der Waals surface area contributed by atoms with Gasteiger partial charge in [0.2, 0.25) is 0 Å². The second-order valence-corrected chi connectivity index (χ2v) is 6.82. The SMILES string of the molecule is CCCCC[C@@H]1O[C@H](C(=O)N(C)C)C[C@@H]1OCc1ccc(OC)cc1. The molecule has 25 heavy (non-hydrogen) atoms. The molecule has 140 valence electrons. The molecule has 0 unspecified atom stereocenters. The number of likely N-dealkylation sites (N-methyl/N-ethyl adjacent to an activating group) is 1. The number of carbonyl (C=O) groups excluding carboxylic acids is 1. The lowest BCUT2D eigenvalue weighted by molar-refractivity contribution is -0.140. The Hall–Kier alpha value is -1.59. The maximum Gasteiger partial charge on any atom is 0.251 e. The number of hydrogen-bond donors (Lipinski definition) is 0. The first-order valence-electron chi connectivity index (χ1n) is 9.16. The fraction of sp³-hybridized carbons (Fsp3) is 0.650. The molecule has 2 rings (SSSR count). The van der Waals surface area contributed by atoms with Crippen LogP contribution in [0.3, 0.4) is 0 Å². The number of ether oxygens (including phenoxy) is 3. The van der Waals surface area contributed by atoms with Crippen LogP contribution in [0.15, 0.2) is 24.3 Å². The predicted molar refractivity (Wildman–Crippen MR) is 97.7 cm³/mol.